The maximum Gasteiger partial charge on any atom is 0.224 e. The molecule has 3 heterocycles. The zero-order chi connectivity index (χ0) is 15.2. The summed E-state index contributed by atoms with van der Waals surface area (Å²) in [5, 5.41) is 6.34. The van der Waals surface area contributed by atoms with Gasteiger partial charge in [0.2, 0.25) is 5.91 Å². The summed E-state index contributed by atoms with van der Waals surface area (Å²) < 4.78 is 5.34. The highest BCUT2D eigenvalue weighted by Crippen LogP contribution is 2.16. The Hall–Kier alpha value is -1.08. The molecule has 2 saturated heterocycles. The van der Waals surface area contributed by atoms with Crippen molar-refractivity contribution < 1.29 is 9.53 Å². The van der Waals surface area contributed by atoms with Crippen LogP contribution in [0.15, 0.2) is 18.3 Å². The average Bonchev–Trinajstić information content (AvgIpc) is 3.08. The third-order valence-corrected chi connectivity index (χ3v) is 4.25. The molecule has 1 aromatic rings. The van der Waals surface area contributed by atoms with E-state index in [-0.39, 0.29) is 30.7 Å². The molecule has 1 amide bonds. The number of pyridine rings is 1. The van der Waals surface area contributed by atoms with Gasteiger partial charge in [-0.2, -0.15) is 0 Å². The van der Waals surface area contributed by atoms with Gasteiger partial charge in [0.1, 0.15) is 5.82 Å². The van der Waals surface area contributed by atoms with Crippen LogP contribution in [-0.2, 0) is 9.53 Å². The van der Waals surface area contributed by atoms with Gasteiger partial charge in [0.25, 0.3) is 0 Å². The molecule has 136 valence electrons. The summed E-state index contributed by atoms with van der Waals surface area (Å²) in [4.78, 5) is 18.6. The molecule has 1 atom stereocenters. The molecule has 1 unspecified atom stereocenters. The highest BCUT2D eigenvalue weighted by atomic mass is 35.5. The van der Waals surface area contributed by atoms with Gasteiger partial charge in [-0.1, -0.05) is 0 Å². The van der Waals surface area contributed by atoms with E-state index in [1.54, 1.807) is 6.20 Å². The van der Waals surface area contributed by atoms with Crippen molar-refractivity contribution >= 4 is 42.2 Å². The van der Waals surface area contributed by atoms with E-state index < -0.39 is 0 Å². The summed E-state index contributed by atoms with van der Waals surface area (Å²) in [6, 6.07) is 4.38. The Balaban J connectivity index is 0.00000144. The van der Waals surface area contributed by atoms with Crippen molar-refractivity contribution in [3.63, 3.8) is 0 Å². The van der Waals surface area contributed by atoms with E-state index in [2.05, 4.69) is 20.5 Å². The summed E-state index contributed by atoms with van der Waals surface area (Å²) in [5.41, 5.74) is 0.765. The molecule has 0 aromatic carbocycles. The third-order valence-electron chi connectivity index (χ3n) is 4.25. The van der Waals surface area contributed by atoms with Gasteiger partial charge in [-0.05, 0) is 37.9 Å². The van der Waals surface area contributed by atoms with E-state index in [0.717, 1.165) is 50.8 Å². The Kier molecular flexibility index (Phi) is 9.36. The fourth-order valence-electron chi connectivity index (χ4n) is 2.97. The van der Waals surface area contributed by atoms with Crippen LogP contribution in [0, 0.1) is 0 Å². The van der Waals surface area contributed by atoms with Crippen LogP contribution < -0.4 is 15.5 Å². The van der Waals surface area contributed by atoms with Gasteiger partial charge < -0.3 is 20.3 Å². The quantitative estimate of drug-likeness (QED) is 0.824. The number of nitrogens with zero attached hydrogens (tertiary/aromatic N) is 2. The average molecular weight is 377 g/mol. The number of carbonyl (C=O) groups is 1. The van der Waals surface area contributed by atoms with Crippen molar-refractivity contribution in [3.05, 3.63) is 18.3 Å². The van der Waals surface area contributed by atoms with E-state index >= 15 is 0 Å². The number of hydrogen-bond donors (Lipinski definition) is 2. The number of anilines is 2. The second-order valence-electron chi connectivity index (χ2n) is 5.88. The highest BCUT2D eigenvalue weighted by molar-refractivity contribution is 5.90. The SMILES string of the molecule is Cl.Cl.O=C(CCC1CCCN1)Nc1ccc(N2CCOCC2)nc1. The van der Waals surface area contributed by atoms with Crippen molar-refractivity contribution in [2.75, 3.05) is 43.1 Å². The Morgan fingerprint density at radius 1 is 1.33 bits per heavy atom. The molecule has 0 spiro atoms. The third kappa shape index (κ3) is 6.09. The zero-order valence-electron chi connectivity index (χ0n) is 13.7. The highest BCUT2D eigenvalue weighted by Gasteiger charge is 2.16. The standard InChI is InChI=1S/C16H24N4O2.2ClH/c21-16(6-4-13-2-1-7-17-13)19-14-3-5-15(18-12-14)20-8-10-22-11-9-20;;/h3,5,12-13,17H,1-2,4,6-11H2,(H,19,21);2*1H. The number of amides is 1. The van der Waals surface area contributed by atoms with Gasteiger partial charge >= 0.3 is 0 Å². The number of morpholine rings is 1. The second-order valence-corrected chi connectivity index (χ2v) is 5.88. The number of halogens is 2. The fraction of sp³-hybridized carbons (Fsp3) is 0.625. The van der Waals surface area contributed by atoms with Gasteiger partial charge in [-0.25, -0.2) is 4.98 Å². The van der Waals surface area contributed by atoms with Crippen molar-refractivity contribution in [1.82, 2.24) is 10.3 Å². The molecule has 0 bridgehead atoms. The van der Waals surface area contributed by atoms with Gasteiger partial charge in [-0.15, -0.1) is 24.8 Å². The van der Waals surface area contributed by atoms with Gasteiger partial charge in [-0.3, -0.25) is 4.79 Å². The lowest BCUT2D eigenvalue weighted by Crippen LogP contribution is -2.36. The van der Waals surface area contributed by atoms with E-state index in [4.69, 9.17) is 4.74 Å². The largest absolute Gasteiger partial charge is 0.378 e. The van der Waals surface area contributed by atoms with Crippen LogP contribution in [0.2, 0.25) is 0 Å². The summed E-state index contributed by atoms with van der Waals surface area (Å²) in [5.74, 6) is 1.01. The van der Waals surface area contributed by atoms with Gasteiger partial charge in [0.05, 0.1) is 25.1 Å². The first-order valence-electron chi connectivity index (χ1n) is 8.13. The lowest BCUT2D eigenvalue weighted by molar-refractivity contribution is -0.116. The molecule has 6 nitrogen and oxygen atoms in total. The first-order valence-corrected chi connectivity index (χ1v) is 8.13. The van der Waals surface area contributed by atoms with Crippen molar-refractivity contribution in [2.24, 2.45) is 0 Å². The minimum Gasteiger partial charge on any atom is -0.378 e. The molecule has 2 fully saturated rings. The summed E-state index contributed by atoms with van der Waals surface area (Å²) in [6.45, 7) is 4.31. The Labute approximate surface area is 155 Å². The van der Waals surface area contributed by atoms with Crippen LogP contribution in [0.1, 0.15) is 25.7 Å². The number of carbonyl (C=O) groups excluding carboxylic acids is 1. The van der Waals surface area contributed by atoms with Crippen molar-refractivity contribution in [3.8, 4) is 0 Å². The normalized spacial score (nSPS) is 20.0. The molecule has 0 aliphatic carbocycles. The molecule has 8 heteroatoms. The second kappa shape index (κ2) is 10.7. The Bertz CT molecular complexity index is 489. The van der Waals surface area contributed by atoms with Crippen LogP contribution in [0.25, 0.3) is 0 Å². The van der Waals surface area contributed by atoms with Crippen LogP contribution in [-0.4, -0.2) is 49.8 Å². The van der Waals surface area contributed by atoms with Gasteiger partial charge in [0, 0.05) is 25.6 Å². The molecule has 3 rings (SSSR count). The first kappa shape index (κ1) is 21.0. The number of aromatic nitrogens is 1. The smallest absolute Gasteiger partial charge is 0.224 e. The van der Waals surface area contributed by atoms with E-state index in [9.17, 15) is 4.79 Å². The molecule has 2 aliphatic rings. The summed E-state index contributed by atoms with van der Waals surface area (Å²) >= 11 is 0. The molecular weight excluding hydrogens is 351 g/mol. The molecule has 2 N–H and O–H groups in total. The maximum absolute atomic E-state index is 12.0. The van der Waals surface area contributed by atoms with E-state index in [0.29, 0.717) is 12.5 Å². The predicted octanol–water partition coefficient (Wildman–Crippen LogP) is 2.23. The molecule has 24 heavy (non-hydrogen) atoms. The zero-order valence-corrected chi connectivity index (χ0v) is 15.3. The molecular formula is C16H26Cl2N4O2. The van der Waals surface area contributed by atoms with Crippen molar-refractivity contribution in [1.29, 1.82) is 0 Å². The van der Waals surface area contributed by atoms with Crippen LogP contribution in [0.5, 0.6) is 0 Å². The minimum absolute atomic E-state index is 0. The minimum atomic E-state index is 0. The fourth-order valence-corrected chi connectivity index (χ4v) is 2.97. The lowest BCUT2D eigenvalue weighted by atomic mass is 10.1. The number of rotatable bonds is 5. The lowest BCUT2D eigenvalue weighted by Gasteiger charge is -2.27. The molecule has 2 aliphatic heterocycles. The molecule has 0 radical (unpaired) electrons. The summed E-state index contributed by atoms with van der Waals surface area (Å²) in [6.07, 6.45) is 5.60. The monoisotopic (exact) mass is 376 g/mol. The number of nitrogens with one attached hydrogen (secondary N) is 2. The van der Waals surface area contributed by atoms with Crippen molar-refractivity contribution in [2.45, 2.75) is 31.7 Å². The summed E-state index contributed by atoms with van der Waals surface area (Å²) in [7, 11) is 0. The number of hydrogen-bond acceptors (Lipinski definition) is 5. The predicted molar refractivity (Wildman–Crippen MR) is 101 cm³/mol. The van der Waals surface area contributed by atoms with E-state index in [1.807, 2.05) is 12.1 Å². The number of ether oxygens (including phenoxy) is 1. The Morgan fingerprint density at radius 2 is 2.12 bits per heavy atom. The molecule has 1 aromatic heterocycles. The van der Waals surface area contributed by atoms with Crippen LogP contribution in [0.4, 0.5) is 11.5 Å². The Morgan fingerprint density at radius 3 is 2.75 bits per heavy atom. The first-order chi connectivity index (χ1) is 10.8. The topological polar surface area (TPSA) is 66.5 Å². The van der Waals surface area contributed by atoms with Gasteiger partial charge in [0.15, 0.2) is 0 Å². The molecule has 0 saturated carbocycles. The van der Waals surface area contributed by atoms with E-state index in [1.165, 1.54) is 12.8 Å². The van der Waals surface area contributed by atoms with Crippen LogP contribution in [0.3, 0.4) is 0 Å². The maximum atomic E-state index is 12.0. The van der Waals surface area contributed by atoms with Crippen LogP contribution >= 0.6 is 24.8 Å².